The highest BCUT2D eigenvalue weighted by Crippen LogP contribution is 2.34. The Bertz CT molecular complexity index is 483. The molecule has 1 N–H and O–H groups in total. The highest BCUT2D eigenvalue weighted by atomic mass is 32.1. The van der Waals surface area contributed by atoms with Crippen LogP contribution in [-0.4, -0.2) is 10.1 Å². The van der Waals surface area contributed by atoms with Crippen molar-refractivity contribution in [2.75, 3.05) is 0 Å². The van der Waals surface area contributed by atoms with Crippen molar-refractivity contribution < 1.29 is 5.11 Å². The van der Waals surface area contributed by atoms with Crippen LogP contribution in [0.3, 0.4) is 0 Å². The highest BCUT2D eigenvalue weighted by molar-refractivity contribution is 7.16. The maximum absolute atomic E-state index is 9.50. The smallest absolute Gasteiger partial charge is 0.195 e. The van der Waals surface area contributed by atoms with E-state index in [4.69, 9.17) is 0 Å². The van der Waals surface area contributed by atoms with Crippen LogP contribution in [0.25, 0.3) is 10.6 Å². The van der Waals surface area contributed by atoms with E-state index in [0.717, 1.165) is 10.6 Å². The Morgan fingerprint density at radius 2 is 1.93 bits per heavy atom. The molecule has 0 saturated carbocycles. The quantitative estimate of drug-likeness (QED) is 0.797. The average molecular weight is 219 g/mol. The Kier molecular flexibility index (Phi) is 2.49. The van der Waals surface area contributed by atoms with Crippen LogP contribution in [0.1, 0.15) is 16.8 Å². The molecule has 15 heavy (non-hydrogen) atoms. The summed E-state index contributed by atoms with van der Waals surface area (Å²) in [5.74, 6) is 0. The largest absolute Gasteiger partial charge is 0.498 e. The van der Waals surface area contributed by atoms with E-state index in [2.05, 4.69) is 37.0 Å². The second kappa shape index (κ2) is 3.66. The minimum absolute atomic E-state index is 0.310. The van der Waals surface area contributed by atoms with E-state index in [-0.39, 0.29) is 0 Å². The topological polar surface area (TPSA) is 33.1 Å². The van der Waals surface area contributed by atoms with Crippen molar-refractivity contribution >= 4 is 11.3 Å². The molecule has 0 aliphatic heterocycles. The SMILES string of the molecule is Cc1ccc(-c2nc(C)c(O)s2)c(C)c1. The molecule has 0 radical (unpaired) electrons. The van der Waals surface area contributed by atoms with Gasteiger partial charge in [-0.3, -0.25) is 0 Å². The van der Waals surface area contributed by atoms with Crippen LogP contribution in [0.15, 0.2) is 18.2 Å². The molecule has 2 aromatic rings. The Labute approximate surface area is 93.2 Å². The monoisotopic (exact) mass is 219 g/mol. The van der Waals surface area contributed by atoms with E-state index < -0.39 is 0 Å². The van der Waals surface area contributed by atoms with Gasteiger partial charge in [0, 0.05) is 5.56 Å². The van der Waals surface area contributed by atoms with Crippen molar-refractivity contribution in [2.24, 2.45) is 0 Å². The van der Waals surface area contributed by atoms with Crippen LogP contribution in [0, 0.1) is 20.8 Å². The summed E-state index contributed by atoms with van der Waals surface area (Å²) in [6, 6.07) is 6.25. The molecule has 0 atom stereocenters. The fourth-order valence-corrected chi connectivity index (χ4v) is 2.46. The van der Waals surface area contributed by atoms with E-state index in [1.165, 1.54) is 22.5 Å². The molecule has 0 aliphatic rings. The molecule has 0 bridgehead atoms. The van der Waals surface area contributed by atoms with E-state index in [0.29, 0.717) is 10.8 Å². The first-order valence-corrected chi connectivity index (χ1v) is 5.63. The third-order valence-corrected chi connectivity index (χ3v) is 3.38. The van der Waals surface area contributed by atoms with Crippen LogP contribution < -0.4 is 0 Å². The van der Waals surface area contributed by atoms with Gasteiger partial charge in [-0.1, -0.05) is 35.1 Å². The zero-order chi connectivity index (χ0) is 11.0. The van der Waals surface area contributed by atoms with Crippen LogP contribution in [0.4, 0.5) is 0 Å². The number of hydrogen-bond acceptors (Lipinski definition) is 3. The van der Waals surface area contributed by atoms with Gasteiger partial charge in [-0.15, -0.1) is 0 Å². The second-order valence-electron chi connectivity index (χ2n) is 3.73. The van der Waals surface area contributed by atoms with Crippen LogP contribution in [0.2, 0.25) is 0 Å². The lowest BCUT2D eigenvalue weighted by Gasteiger charge is -2.02. The third kappa shape index (κ3) is 1.88. The molecule has 78 valence electrons. The summed E-state index contributed by atoms with van der Waals surface area (Å²) in [6.07, 6.45) is 0. The summed E-state index contributed by atoms with van der Waals surface area (Å²) in [5, 5.41) is 10.7. The first-order chi connectivity index (χ1) is 7.08. The normalized spacial score (nSPS) is 10.6. The Balaban J connectivity index is 2.54. The number of rotatable bonds is 1. The van der Waals surface area contributed by atoms with Gasteiger partial charge in [0.1, 0.15) is 5.01 Å². The molecular formula is C12H13NOS. The summed E-state index contributed by atoms with van der Waals surface area (Å²) in [6.45, 7) is 5.95. The fourth-order valence-electron chi connectivity index (χ4n) is 1.56. The van der Waals surface area contributed by atoms with Crippen LogP contribution >= 0.6 is 11.3 Å². The lowest BCUT2D eigenvalue weighted by atomic mass is 10.1. The summed E-state index contributed by atoms with van der Waals surface area (Å²) < 4.78 is 0. The van der Waals surface area contributed by atoms with Gasteiger partial charge in [-0.05, 0) is 26.3 Å². The molecule has 0 fully saturated rings. The minimum atomic E-state index is 0.310. The van der Waals surface area contributed by atoms with E-state index in [1.807, 2.05) is 6.92 Å². The summed E-state index contributed by atoms with van der Waals surface area (Å²) in [7, 11) is 0. The molecule has 1 aromatic heterocycles. The third-order valence-electron chi connectivity index (χ3n) is 2.38. The molecule has 2 rings (SSSR count). The standard InChI is InChI=1S/C12H13NOS/c1-7-4-5-10(8(2)6-7)11-13-9(3)12(14)15-11/h4-6,14H,1-3H3. The molecule has 0 unspecified atom stereocenters. The maximum atomic E-state index is 9.50. The Morgan fingerprint density at radius 1 is 1.20 bits per heavy atom. The summed E-state index contributed by atoms with van der Waals surface area (Å²) in [5.41, 5.74) is 4.25. The number of aromatic nitrogens is 1. The molecule has 1 aromatic carbocycles. The number of aryl methyl sites for hydroxylation is 3. The summed E-state index contributed by atoms with van der Waals surface area (Å²) in [4.78, 5) is 4.34. The van der Waals surface area contributed by atoms with Crippen LogP contribution in [-0.2, 0) is 0 Å². The fraction of sp³-hybridized carbons (Fsp3) is 0.250. The Morgan fingerprint density at radius 3 is 2.47 bits per heavy atom. The highest BCUT2D eigenvalue weighted by Gasteiger charge is 2.09. The lowest BCUT2D eigenvalue weighted by Crippen LogP contribution is -1.83. The average Bonchev–Trinajstić information content (AvgIpc) is 2.46. The Hall–Kier alpha value is -1.35. The molecule has 3 heteroatoms. The zero-order valence-corrected chi connectivity index (χ0v) is 9.85. The predicted molar refractivity (Wildman–Crippen MR) is 63.4 cm³/mol. The van der Waals surface area contributed by atoms with Crippen molar-refractivity contribution in [3.05, 3.63) is 35.0 Å². The van der Waals surface area contributed by atoms with Gasteiger partial charge in [-0.2, -0.15) is 0 Å². The number of hydrogen-bond donors (Lipinski definition) is 1. The molecule has 0 aliphatic carbocycles. The first-order valence-electron chi connectivity index (χ1n) is 4.82. The van der Waals surface area contributed by atoms with Gasteiger partial charge >= 0.3 is 0 Å². The van der Waals surface area contributed by atoms with Crippen molar-refractivity contribution in [3.8, 4) is 15.6 Å². The lowest BCUT2D eigenvalue weighted by molar-refractivity contribution is 0.485. The predicted octanol–water partition coefficient (Wildman–Crippen LogP) is 3.44. The van der Waals surface area contributed by atoms with Crippen molar-refractivity contribution in [1.29, 1.82) is 0 Å². The minimum Gasteiger partial charge on any atom is -0.498 e. The van der Waals surface area contributed by atoms with Crippen molar-refractivity contribution in [1.82, 2.24) is 4.98 Å². The van der Waals surface area contributed by atoms with Gasteiger partial charge in [-0.25, -0.2) is 4.98 Å². The van der Waals surface area contributed by atoms with E-state index >= 15 is 0 Å². The summed E-state index contributed by atoms with van der Waals surface area (Å²) >= 11 is 1.33. The van der Waals surface area contributed by atoms with Gasteiger partial charge in [0.05, 0.1) is 5.69 Å². The van der Waals surface area contributed by atoms with E-state index in [1.54, 1.807) is 0 Å². The molecule has 2 nitrogen and oxygen atoms in total. The molecule has 0 amide bonds. The molecule has 1 heterocycles. The van der Waals surface area contributed by atoms with Gasteiger partial charge in [0.2, 0.25) is 0 Å². The van der Waals surface area contributed by atoms with Crippen molar-refractivity contribution in [3.63, 3.8) is 0 Å². The molecule has 0 saturated heterocycles. The zero-order valence-electron chi connectivity index (χ0n) is 9.03. The number of nitrogens with zero attached hydrogens (tertiary/aromatic N) is 1. The second-order valence-corrected chi connectivity index (χ2v) is 4.71. The molecular weight excluding hydrogens is 206 g/mol. The maximum Gasteiger partial charge on any atom is 0.195 e. The van der Waals surface area contributed by atoms with Gasteiger partial charge < -0.3 is 5.11 Å². The van der Waals surface area contributed by atoms with Gasteiger partial charge in [0.15, 0.2) is 5.06 Å². The van der Waals surface area contributed by atoms with E-state index in [9.17, 15) is 5.11 Å². The van der Waals surface area contributed by atoms with Gasteiger partial charge in [0.25, 0.3) is 0 Å². The van der Waals surface area contributed by atoms with Crippen LogP contribution in [0.5, 0.6) is 5.06 Å². The number of benzene rings is 1. The number of thiazole rings is 1. The number of aromatic hydroxyl groups is 1. The van der Waals surface area contributed by atoms with Crippen molar-refractivity contribution in [2.45, 2.75) is 20.8 Å². The molecule has 0 spiro atoms. The first kappa shape index (κ1) is 10.2.